The van der Waals surface area contributed by atoms with E-state index < -0.39 is 10.0 Å². The third kappa shape index (κ3) is 3.82. The molecule has 1 aliphatic rings. The Labute approximate surface area is 91.9 Å². The summed E-state index contributed by atoms with van der Waals surface area (Å²) >= 11 is 0. The minimum Gasteiger partial charge on any atom is -0.317 e. The predicted octanol–water partition coefficient (Wildman–Crippen LogP) is 0.0696. The lowest BCUT2D eigenvalue weighted by molar-refractivity contribution is 0.483. The normalized spacial score (nSPS) is 20.8. The molecule has 1 fully saturated rings. The first kappa shape index (κ1) is 12.5. The molecule has 5 heteroatoms. The highest BCUT2D eigenvalue weighted by Gasteiger charge is 2.27. The van der Waals surface area contributed by atoms with Crippen LogP contribution in [0.25, 0.3) is 0 Å². The van der Waals surface area contributed by atoms with E-state index in [9.17, 15) is 8.42 Å². The van der Waals surface area contributed by atoms with E-state index >= 15 is 0 Å². The molecule has 15 heavy (non-hydrogen) atoms. The monoisotopic (exact) mass is 230 g/mol. The Morgan fingerprint density at radius 3 is 2.67 bits per heavy atom. The van der Waals surface area contributed by atoms with E-state index in [1.807, 2.05) is 0 Å². The molecule has 1 rings (SSSR count). The number of hydrogen-bond donors (Lipinski definition) is 2. The topological polar surface area (TPSA) is 58.2 Å². The second-order valence-electron chi connectivity index (χ2n) is 3.92. The van der Waals surface area contributed by atoms with Crippen LogP contribution in [0.1, 0.15) is 26.2 Å². The van der Waals surface area contributed by atoms with Gasteiger partial charge in [0.1, 0.15) is 0 Å². The zero-order chi connectivity index (χ0) is 11.3. The Balaban J connectivity index is 2.54. The van der Waals surface area contributed by atoms with E-state index in [2.05, 4.69) is 16.0 Å². The number of sulfonamides is 1. The average Bonchev–Trinajstić information content (AvgIpc) is 2.18. The molecule has 1 aliphatic heterocycles. The quantitative estimate of drug-likeness (QED) is 0.672. The Morgan fingerprint density at radius 2 is 2.13 bits per heavy atom. The Morgan fingerprint density at radius 1 is 1.53 bits per heavy atom. The summed E-state index contributed by atoms with van der Waals surface area (Å²) in [7, 11) is -3.19. The van der Waals surface area contributed by atoms with Gasteiger partial charge in [0.25, 0.3) is 0 Å². The molecule has 1 heterocycles. The van der Waals surface area contributed by atoms with E-state index in [4.69, 9.17) is 6.42 Å². The molecular formula is C10H18N2O2S. The van der Waals surface area contributed by atoms with Crippen molar-refractivity contribution in [3.8, 4) is 12.3 Å². The maximum atomic E-state index is 11.9. The Kier molecular flexibility index (Phi) is 4.58. The van der Waals surface area contributed by atoms with E-state index in [1.165, 1.54) is 0 Å². The summed E-state index contributed by atoms with van der Waals surface area (Å²) in [5.41, 5.74) is 0. The van der Waals surface area contributed by atoms with E-state index in [0.29, 0.717) is 19.3 Å². The van der Waals surface area contributed by atoms with E-state index in [-0.39, 0.29) is 11.3 Å². The third-order valence-electron chi connectivity index (χ3n) is 2.51. The molecule has 0 spiro atoms. The third-order valence-corrected chi connectivity index (χ3v) is 4.59. The summed E-state index contributed by atoms with van der Waals surface area (Å²) in [4.78, 5) is 0. The van der Waals surface area contributed by atoms with Gasteiger partial charge < -0.3 is 5.32 Å². The van der Waals surface area contributed by atoms with Gasteiger partial charge in [-0.15, -0.1) is 12.3 Å². The summed E-state index contributed by atoms with van der Waals surface area (Å²) in [5, 5.41) is 2.88. The van der Waals surface area contributed by atoms with Gasteiger partial charge in [0.2, 0.25) is 10.0 Å². The predicted molar refractivity (Wildman–Crippen MR) is 60.9 cm³/mol. The number of hydrogen-bond acceptors (Lipinski definition) is 3. The average molecular weight is 230 g/mol. The first-order valence-electron chi connectivity index (χ1n) is 5.21. The lowest BCUT2D eigenvalue weighted by Gasteiger charge is -2.24. The first-order valence-corrected chi connectivity index (χ1v) is 6.76. The molecule has 0 aliphatic carbocycles. The summed E-state index contributed by atoms with van der Waals surface area (Å²) in [6.07, 6.45) is 6.92. The maximum Gasteiger partial charge on any atom is 0.214 e. The lowest BCUT2D eigenvalue weighted by Crippen LogP contribution is -2.44. The van der Waals surface area contributed by atoms with Crippen molar-refractivity contribution in [3.63, 3.8) is 0 Å². The van der Waals surface area contributed by atoms with Crippen LogP contribution in [-0.4, -0.2) is 32.8 Å². The minimum absolute atomic E-state index is 0.171. The Hall–Kier alpha value is -0.570. The van der Waals surface area contributed by atoms with Gasteiger partial charge in [0.05, 0.1) is 5.25 Å². The number of terminal acetylenes is 1. The van der Waals surface area contributed by atoms with Crippen LogP contribution in [0.5, 0.6) is 0 Å². The molecule has 0 amide bonds. The molecule has 0 radical (unpaired) electrons. The molecule has 4 nitrogen and oxygen atoms in total. The van der Waals surface area contributed by atoms with Crippen LogP contribution in [0.3, 0.4) is 0 Å². The molecule has 0 aromatic carbocycles. The molecule has 1 unspecified atom stereocenters. The van der Waals surface area contributed by atoms with Gasteiger partial charge in [-0.2, -0.15) is 0 Å². The van der Waals surface area contributed by atoms with Crippen LogP contribution in [0.15, 0.2) is 0 Å². The van der Waals surface area contributed by atoms with Crippen molar-refractivity contribution in [2.24, 2.45) is 0 Å². The summed E-state index contributed by atoms with van der Waals surface area (Å²) in [6.45, 7) is 3.34. The van der Waals surface area contributed by atoms with Crippen LogP contribution >= 0.6 is 0 Å². The van der Waals surface area contributed by atoms with Crippen molar-refractivity contribution in [3.05, 3.63) is 0 Å². The van der Waals surface area contributed by atoms with Crippen molar-refractivity contribution < 1.29 is 8.42 Å². The van der Waals surface area contributed by atoms with Crippen LogP contribution in [0.2, 0.25) is 0 Å². The van der Waals surface area contributed by atoms with Gasteiger partial charge in [-0.25, -0.2) is 13.1 Å². The number of rotatable bonds is 4. The van der Waals surface area contributed by atoms with Crippen LogP contribution < -0.4 is 10.0 Å². The molecule has 1 saturated heterocycles. The maximum absolute atomic E-state index is 11.9. The highest BCUT2D eigenvalue weighted by Crippen LogP contribution is 2.12. The zero-order valence-corrected chi connectivity index (χ0v) is 9.81. The minimum atomic E-state index is -3.19. The number of piperidine rings is 1. The molecule has 0 aromatic rings. The van der Waals surface area contributed by atoms with Gasteiger partial charge in [-0.05, 0) is 32.9 Å². The summed E-state index contributed by atoms with van der Waals surface area (Å²) < 4.78 is 26.4. The molecule has 0 bridgehead atoms. The van der Waals surface area contributed by atoms with Crippen LogP contribution in [0, 0.1) is 12.3 Å². The zero-order valence-electron chi connectivity index (χ0n) is 8.99. The van der Waals surface area contributed by atoms with Gasteiger partial charge in [0.15, 0.2) is 0 Å². The van der Waals surface area contributed by atoms with Crippen molar-refractivity contribution in [1.29, 1.82) is 0 Å². The fourth-order valence-corrected chi connectivity index (χ4v) is 3.39. The molecule has 86 valence electrons. The Bertz CT molecular complexity index is 326. The van der Waals surface area contributed by atoms with E-state index in [1.54, 1.807) is 6.92 Å². The largest absolute Gasteiger partial charge is 0.317 e. The van der Waals surface area contributed by atoms with Gasteiger partial charge in [-0.1, -0.05) is 0 Å². The number of nitrogens with one attached hydrogen (secondary N) is 2. The van der Waals surface area contributed by atoms with Crippen molar-refractivity contribution in [1.82, 2.24) is 10.0 Å². The van der Waals surface area contributed by atoms with Crippen molar-refractivity contribution >= 4 is 10.0 Å². The molecular weight excluding hydrogens is 212 g/mol. The molecule has 0 saturated carbocycles. The second-order valence-corrected chi connectivity index (χ2v) is 5.91. The first-order chi connectivity index (χ1) is 7.06. The summed E-state index contributed by atoms with van der Waals surface area (Å²) in [5.74, 6) is 2.45. The van der Waals surface area contributed by atoms with Crippen molar-refractivity contribution in [2.45, 2.75) is 37.5 Å². The van der Waals surface area contributed by atoms with E-state index in [0.717, 1.165) is 13.1 Å². The van der Waals surface area contributed by atoms with Crippen LogP contribution in [0.4, 0.5) is 0 Å². The van der Waals surface area contributed by atoms with Crippen LogP contribution in [-0.2, 0) is 10.0 Å². The fraction of sp³-hybridized carbons (Fsp3) is 0.800. The lowest BCUT2D eigenvalue weighted by atomic mass is 10.2. The fourth-order valence-electron chi connectivity index (χ4n) is 1.70. The van der Waals surface area contributed by atoms with Gasteiger partial charge >= 0.3 is 0 Å². The van der Waals surface area contributed by atoms with Crippen molar-refractivity contribution in [2.75, 3.05) is 13.1 Å². The smallest absolute Gasteiger partial charge is 0.214 e. The van der Waals surface area contributed by atoms with Gasteiger partial charge in [-0.3, -0.25) is 0 Å². The highest BCUT2D eigenvalue weighted by atomic mass is 32.2. The summed E-state index contributed by atoms with van der Waals surface area (Å²) in [6, 6.07) is -0.171. The molecule has 1 atom stereocenters. The van der Waals surface area contributed by atoms with Gasteiger partial charge in [0, 0.05) is 12.5 Å². The molecule has 2 N–H and O–H groups in total. The standard InChI is InChI=1S/C10H18N2O2S/c1-3-4-9(2)12-15(13,14)10-5-7-11-8-6-10/h1,9-12H,4-8H2,2H3. The second kappa shape index (κ2) is 5.50. The highest BCUT2D eigenvalue weighted by molar-refractivity contribution is 7.90. The molecule has 0 aromatic heterocycles. The SMILES string of the molecule is C#CCC(C)NS(=O)(=O)C1CCNCC1.